The first-order valence-corrected chi connectivity index (χ1v) is 17.9. The lowest BCUT2D eigenvalue weighted by molar-refractivity contribution is -0.157. The molecule has 5 heteroatoms. The Kier molecular flexibility index (Phi) is 11.2. The molecule has 0 spiro atoms. The average molecular weight is 589 g/mol. The van der Waals surface area contributed by atoms with E-state index in [0.717, 1.165) is 89.9 Å². The number of carbonyl (C=O) groups is 2. The number of esters is 2. The van der Waals surface area contributed by atoms with Crippen LogP contribution in [0.1, 0.15) is 170 Å². The molecule has 0 aliphatic heterocycles. The van der Waals surface area contributed by atoms with E-state index in [1.807, 2.05) is 0 Å². The number of rotatable bonds is 18. The molecule has 0 unspecified atom stereocenters. The third kappa shape index (κ3) is 7.07. The number of ether oxygens (including phenoxy) is 2. The Balaban J connectivity index is 0.924. The van der Waals surface area contributed by atoms with Crippen molar-refractivity contribution >= 4 is 11.9 Å². The average Bonchev–Trinajstić information content (AvgIpc) is 3.44. The van der Waals surface area contributed by atoms with Gasteiger partial charge in [0.25, 0.3) is 0 Å². The molecule has 4 aliphatic carbocycles. The monoisotopic (exact) mass is 588 g/mol. The van der Waals surface area contributed by atoms with Gasteiger partial charge in [0.15, 0.2) is 0 Å². The molecule has 4 bridgehead atoms. The van der Waals surface area contributed by atoms with Crippen molar-refractivity contribution in [1.82, 2.24) is 0 Å². The molecule has 0 aromatic heterocycles. The predicted molar refractivity (Wildman–Crippen MR) is 169 cm³/mol. The van der Waals surface area contributed by atoms with Gasteiger partial charge in [0, 0.05) is 23.7 Å². The number of fused-ring (bicyclic) bond motifs is 4. The summed E-state index contributed by atoms with van der Waals surface area (Å²) in [5, 5.41) is 10.4. The van der Waals surface area contributed by atoms with Crippen molar-refractivity contribution < 1.29 is 24.2 Å². The summed E-state index contributed by atoms with van der Waals surface area (Å²) in [6.07, 6.45) is 20.4. The molecule has 42 heavy (non-hydrogen) atoms. The molecule has 0 radical (unpaired) electrons. The molecular formula is C37H64O5. The fourth-order valence-electron chi connectivity index (χ4n) is 9.56. The Bertz CT molecular complexity index is 838. The maximum absolute atomic E-state index is 12.5. The Morgan fingerprint density at radius 1 is 0.619 bits per heavy atom. The lowest BCUT2D eigenvalue weighted by atomic mass is 9.70. The van der Waals surface area contributed by atoms with Crippen LogP contribution in [0.5, 0.6) is 0 Å². The van der Waals surface area contributed by atoms with Crippen LogP contribution in [-0.2, 0) is 19.1 Å². The minimum absolute atomic E-state index is 0.00539. The Morgan fingerprint density at radius 3 is 1.31 bits per heavy atom. The lowest BCUT2D eigenvalue weighted by Gasteiger charge is -2.38. The SMILES string of the molecule is CC1(C)[C@@H]2CC[C@@]1(C)[C@@H](OC(=O)CCCCCCCC(O)CCCCCCCC(=O)O[C@H]1C[C@H]3CC[C@]1(C)C3(C)C)C2. The Hall–Kier alpha value is -1.10. The van der Waals surface area contributed by atoms with Crippen molar-refractivity contribution in [2.75, 3.05) is 0 Å². The summed E-state index contributed by atoms with van der Waals surface area (Å²) < 4.78 is 11.9. The fourth-order valence-corrected chi connectivity index (χ4v) is 9.56. The first kappa shape index (κ1) is 33.8. The van der Waals surface area contributed by atoms with Crippen LogP contribution < -0.4 is 0 Å². The second kappa shape index (κ2) is 13.9. The van der Waals surface area contributed by atoms with E-state index < -0.39 is 0 Å². The highest BCUT2D eigenvalue weighted by atomic mass is 16.5. The summed E-state index contributed by atoms with van der Waals surface area (Å²) in [5.41, 5.74) is 0.860. The summed E-state index contributed by atoms with van der Waals surface area (Å²) in [4.78, 5) is 24.9. The first-order chi connectivity index (χ1) is 19.8. The van der Waals surface area contributed by atoms with Crippen LogP contribution in [-0.4, -0.2) is 35.4 Å². The molecule has 4 rings (SSSR count). The Morgan fingerprint density at radius 2 is 0.976 bits per heavy atom. The molecule has 0 aromatic rings. The van der Waals surface area contributed by atoms with Gasteiger partial charge in [0.1, 0.15) is 12.2 Å². The third-order valence-electron chi connectivity index (χ3n) is 13.8. The van der Waals surface area contributed by atoms with E-state index in [9.17, 15) is 14.7 Å². The van der Waals surface area contributed by atoms with Crippen LogP contribution in [0.3, 0.4) is 0 Å². The molecule has 0 heterocycles. The van der Waals surface area contributed by atoms with Crippen molar-refractivity contribution in [2.45, 2.75) is 188 Å². The second-order valence-corrected chi connectivity index (χ2v) is 16.4. The molecule has 0 amide bonds. The van der Waals surface area contributed by atoms with Gasteiger partial charge in [-0.05, 0) is 86.9 Å². The number of hydrogen-bond acceptors (Lipinski definition) is 5. The number of aliphatic hydroxyl groups is 1. The third-order valence-corrected chi connectivity index (χ3v) is 13.8. The van der Waals surface area contributed by atoms with Gasteiger partial charge in [0.05, 0.1) is 6.10 Å². The van der Waals surface area contributed by atoms with Crippen LogP contribution in [0.15, 0.2) is 0 Å². The van der Waals surface area contributed by atoms with Crippen LogP contribution >= 0.6 is 0 Å². The minimum Gasteiger partial charge on any atom is -0.462 e. The van der Waals surface area contributed by atoms with Crippen molar-refractivity contribution in [2.24, 2.45) is 33.5 Å². The van der Waals surface area contributed by atoms with Gasteiger partial charge in [0.2, 0.25) is 0 Å². The summed E-state index contributed by atoms with van der Waals surface area (Å²) >= 11 is 0. The molecule has 4 aliphatic rings. The predicted octanol–water partition coefficient (Wildman–Crippen LogP) is 9.32. The van der Waals surface area contributed by atoms with Crippen LogP contribution in [0.25, 0.3) is 0 Å². The molecular weight excluding hydrogens is 524 g/mol. The van der Waals surface area contributed by atoms with E-state index in [0.29, 0.717) is 24.7 Å². The van der Waals surface area contributed by atoms with E-state index in [2.05, 4.69) is 41.5 Å². The van der Waals surface area contributed by atoms with Crippen molar-refractivity contribution in [3.8, 4) is 0 Å². The van der Waals surface area contributed by atoms with Gasteiger partial charge in [-0.1, -0.05) is 92.9 Å². The zero-order valence-corrected chi connectivity index (χ0v) is 28.1. The molecule has 4 saturated carbocycles. The normalized spacial score (nSPS) is 33.9. The minimum atomic E-state index is -0.199. The number of carbonyl (C=O) groups excluding carboxylic acids is 2. The quantitative estimate of drug-likeness (QED) is 0.128. The largest absolute Gasteiger partial charge is 0.462 e. The summed E-state index contributed by atoms with van der Waals surface area (Å²) in [7, 11) is 0. The zero-order valence-electron chi connectivity index (χ0n) is 28.1. The molecule has 242 valence electrons. The summed E-state index contributed by atoms with van der Waals surface area (Å²) in [6, 6.07) is 0. The van der Waals surface area contributed by atoms with Crippen LogP contribution in [0.2, 0.25) is 0 Å². The number of unbranched alkanes of at least 4 members (excludes halogenated alkanes) is 8. The van der Waals surface area contributed by atoms with E-state index in [1.54, 1.807) is 0 Å². The first-order valence-electron chi connectivity index (χ1n) is 17.9. The highest BCUT2D eigenvalue weighted by Gasteiger charge is 2.63. The van der Waals surface area contributed by atoms with Gasteiger partial charge >= 0.3 is 11.9 Å². The maximum atomic E-state index is 12.5. The van der Waals surface area contributed by atoms with Crippen molar-refractivity contribution in [3.05, 3.63) is 0 Å². The maximum Gasteiger partial charge on any atom is 0.306 e. The lowest BCUT2D eigenvalue weighted by Crippen LogP contribution is -2.38. The highest BCUT2D eigenvalue weighted by molar-refractivity contribution is 5.70. The van der Waals surface area contributed by atoms with Gasteiger partial charge < -0.3 is 14.6 Å². The summed E-state index contributed by atoms with van der Waals surface area (Å²) in [6.45, 7) is 14.1. The van der Waals surface area contributed by atoms with Gasteiger partial charge in [-0.2, -0.15) is 0 Å². The number of aliphatic hydroxyl groups excluding tert-OH is 1. The molecule has 5 nitrogen and oxygen atoms in total. The molecule has 0 aromatic carbocycles. The molecule has 0 saturated heterocycles. The van der Waals surface area contributed by atoms with E-state index in [-0.39, 0.29) is 51.9 Å². The molecule has 1 N–H and O–H groups in total. The van der Waals surface area contributed by atoms with Crippen molar-refractivity contribution in [3.63, 3.8) is 0 Å². The highest BCUT2D eigenvalue weighted by Crippen LogP contribution is 2.67. The topological polar surface area (TPSA) is 72.8 Å². The van der Waals surface area contributed by atoms with Crippen molar-refractivity contribution in [1.29, 1.82) is 0 Å². The van der Waals surface area contributed by atoms with E-state index >= 15 is 0 Å². The fraction of sp³-hybridized carbons (Fsp3) is 0.946. The number of hydrogen-bond donors (Lipinski definition) is 1. The van der Waals surface area contributed by atoms with Crippen LogP contribution in [0.4, 0.5) is 0 Å². The molecule has 4 fully saturated rings. The van der Waals surface area contributed by atoms with Gasteiger partial charge in [-0.25, -0.2) is 0 Å². The van der Waals surface area contributed by atoms with E-state index in [4.69, 9.17) is 9.47 Å². The second-order valence-electron chi connectivity index (χ2n) is 16.4. The van der Waals surface area contributed by atoms with Gasteiger partial charge in [-0.15, -0.1) is 0 Å². The standard InChI is InChI=1S/C37H64O5/c1-34(2)27-21-23-36(34,5)30(25-27)41-32(39)19-15-11-7-9-13-17-29(38)18-14-10-8-12-16-20-33(40)42-31-26-28-22-24-37(31,6)35(28,3)4/h27-31,38H,7-26H2,1-6H3/t27-,28-,30+,31+,36+,37+/m1/s1. The smallest absolute Gasteiger partial charge is 0.306 e. The van der Waals surface area contributed by atoms with E-state index in [1.165, 1.54) is 25.7 Å². The van der Waals surface area contributed by atoms with Gasteiger partial charge in [-0.3, -0.25) is 9.59 Å². The Labute approximate surface area is 257 Å². The molecule has 6 atom stereocenters. The summed E-state index contributed by atoms with van der Waals surface area (Å²) in [5.74, 6) is 1.39. The zero-order chi connectivity index (χ0) is 30.6. The van der Waals surface area contributed by atoms with Crippen LogP contribution in [0, 0.1) is 33.5 Å².